The first kappa shape index (κ1) is 33.2. The summed E-state index contributed by atoms with van der Waals surface area (Å²) in [6.45, 7) is 2.60. The number of nitrogens with zero attached hydrogens (tertiary/aromatic N) is 1. The van der Waals surface area contributed by atoms with Crippen LogP contribution in [0, 0.1) is 6.92 Å². The van der Waals surface area contributed by atoms with Gasteiger partial charge in [0.25, 0.3) is 5.56 Å². The predicted octanol–water partition coefficient (Wildman–Crippen LogP) is 3.22. The van der Waals surface area contributed by atoms with Crippen molar-refractivity contribution in [2.24, 2.45) is 0 Å². The number of fused-ring (bicyclic) bond motifs is 1. The van der Waals surface area contributed by atoms with Gasteiger partial charge in [-0.15, -0.1) is 0 Å². The van der Waals surface area contributed by atoms with Crippen LogP contribution >= 0.6 is 0 Å². The quantitative estimate of drug-likeness (QED) is 0.182. The molecule has 0 radical (unpaired) electrons. The van der Waals surface area contributed by atoms with Gasteiger partial charge in [-0.3, -0.25) is 19.1 Å². The monoisotopic (exact) mass is 658 g/mol. The van der Waals surface area contributed by atoms with Gasteiger partial charge >= 0.3 is 11.7 Å². The van der Waals surface area contributed by atoms with E-state index >= 15 is 0 Å². The van der Waals surface area contributed by atoms with Crippen LogP contribution in [0.5, 0.6) is 11.5 Å². The number of aromatic amines is 1. The summed E-state index contributed by atoms with van der Waals surface area (Å²) in [4.78, 5) is 39.1. The maximum atomic E-state index is 13.0. The highest BCUT2D eigenvalue weighted by molar-refractivity contribution is 5.65. The molecule has 0 spiro atoms. The molecule has 0 amide bonds. The number of ether oxygens (including phenoxy) is 6. The number of aryl methyl sites for hydroxylation is 1. The molecule has 2 saturated heterocycles. The summed E-state index contributed by atoms with van der Waals surface area (Å²) in [6, 6.07) is 24.7. The molecule has 0 aliphatic carbocycles. The molecule has 48 heavy (non-hydrogen) atoms. The minimum Gasteiger partial charge on any atom is -0.497 e. The highest BCUT2D eigenvalue weighted by Crippen LogP contribution is 2.49. The van der Waals surface area contributed by atoms with E-state index in [1.54, 1.807) is 21.1 Å². The van der Waals surface area contributed by atoms with Crippen molar-refractivity contribution >= 4 is 5.97 Å². The fourth-order valence-corrected chi connectivity index (χ4v) is 6.59. The van der Waals surface area contributed by atoms with Crippen LogP contribution in [0.15, 0.2) is 94.6 Å². The van der Waals surface area contributed by atoms with Gasteiger partial charge in [0.15, 0.2) is 6.23 Å². The number of H-pyrrole nitrogens is 1. The first-order valence-electron chi connectivity index (χ1n) is 15.6. The summed E-state index contributed by atoms with van der Waals surface area (Å²) in [5, 5.41) is 12.3. The molecule has 3 aromatic carbocycles. The van der Waals surface area contributed by atoms with Gasteiger partial charge in [-0.2, -0.15) is 0 Å². The lowest BCUT2D eigenvalue weighted by atomic mass is 9.79. The highest BCUT2D eigenvalue weighted by Gasteiger charge is 2.63. The zero-order valence-corrected chi connectivity index (χ0v) is 27.1. The predicted molar refractivity (Wildman–Crippen MR) is 173 cm³/mol. The van der Waals surface area contributed by atoms with Crippen molar-refractivity contribution in [1.82, 2.24) is 9.55 Å². The third-order valence-corrected chi connectivity index (χ3v) is 9.02. The van der Waals surface area contributed by atoms with Crippen LogP contribution in [-0.4, -0.2) is 72.0 Å². The Kier molecular flexibility index (Phi) is 9.26. The average molecular weight is 659 g/mol. The summed E-state index contributed by atoms with van der Waals surface area (Å²) in [5.74, 6) is 0.839. The van der Waals surface area contributed by atoms with E-state index in [1.165, 1.54) is 17.7 Å². The lowest BCUT2D eigenvalue weighted by Gasteiger charge is -2.38. The van der Waals surface area contributed by atoms with Crippen molar-refractivity contribution in [2.75, 3.05) is 27.4 Å². The smallest absolute Gasteiger partial charge is 0.330 e. The number of rotatable bonds is 11. The van der Waals surface area contributed by atoms with Crippen LogP contribution in [0.4, 0.5) is 0 Å². The molecule has 5 atom stereocenters. The van der Waals surface area contributed by atoms with Gasteiger partial charge in [-0.25, -0.2) is 4.79 Å². The molecule has 0 bridgehead atoms. The van der Waals surface area contributed by atoms with E-state index in [-0.39, 0.29) is 25.2 Å². The van der Waals surface area contributed by atoms with Crippen molar-refractivity contribution in [3.05, 3.63) is 128 Å². The van der Waals surface area contributed by atoms with Crippen LogP contribution in [0.2, 0.25) is 0 Å². The van der Waals surface area contributed by atoms with E-state index in [2.05, 4.69) is 4.98 Å². The van der Waals surface area contributed by atoms with Gasteiger partial charge in [0.05, 0.1) is 26.9 Å². The zero-order valence-electron chi connectivity index (χ0n) is 27.1. The normalized spacial score (nSPS) is 23.4. The van der Waals surface area contributed by atoms with Gasteiger partial charge < -0.3 is 33.5 Å². The Labute approximate surface area is 276 Å². The van der Waals surface area contributed by atoms with Crippen LogP contribution in [0.25, 0.3) is 0 Å². The Bertz CT molecular complexity index is 1810. The molecule has 252 valence electrons. The Morgan fingerprint density at radius 1 is 0.917 bits per heavy atom. The molecule has 1 aromatic heterocycles. The summed E-state index contributed by atoms with van der Waals surface area (Å²) >= 11 is 0. The lowest BCUT2D eigenvalue weighted by Crippen LogP contribution is -2.48. The van der Waals surface area contributed by atoms with E-state index in [0.29, 0.717) is 11.5 Å². The third kappa shape index (κ3) is 6.03. The van der Waals surface area contributed by atoms with Crippen LogP contribution < -0.4 is 20.7 Å². The van der Waals surface area contributed by atoms with Crippen molar-refractivity contribution in [3.8, 4) is 11.5 Å². The van der Waals surface area contributed by atoms with E-state index in [9.17, 15) is 19.5 Å². The number of hydrogen-bond acceptors (Lipinski definition) is 10. The number of hydrogen-bond donors (Lipinski definition) is 2. The SMILES string of the molecule is COc1ccc(C(OC[C@H]2O[C@@H](n3cc(C)c(=O)[nH]c3=O)[C@H]3O[C@H](COC(C)=O)C[C@]32O)(c2ccccc2)c2ccc(OC)cc2)cc1. The number of benzene rings is 3. The van der Waals surface area contributed by atoms with Crippen molar-refractivity contribution in [2.45, 2.75) is 56.0 Å². The second kappa shape index (κ2) is 13.4. The number of carbonyl (C=O) groups excluding carboxylic acids is 1. The Hall–Kier alpha value is -4.75. The van der Waals surface area contributed by atoms with E-state index < -0.39 is 53.0 Å². The summed E-state index contributed by atoms with van der Waals surface area (Å²) in [6.07, 6.45) is -2.46. The molecule has 3 heterocycles. The van der Waals surface area contributed by atoms with E-state index in [0.717, 1.165) is 16.7 Å². The molecule has 2 N–H and O–H groups in total. The molecule has 0 saturated carbocycles. The molecule has 2 aliphatic rings. The molecule has 12 heteroatoms. The zero-order chi connectivity index (χ0) is 34.1. The average Bonchev–Trinajstić information content (AvgIpc) is 3.57. The molecule has 4 aromatic rings. The highest BCUT2D eigenvalue weighted by atomic mass is 16.6. The topological polar surface area (TPSA) is 148 Å². The second-order valence-corrected chi connectivity index (χ2v) is 12.0. The standard InChI is InChI=1S/C36H38N2O10/c1-22-19-38(34(41)37-32(22)40)33-31-35(42,18-29(47-31)20-45-23(2)39)30(48-33)21-46-36(24-8-6-5-7-9-24,25-10-14-27(43-3)15-11-25)26-12-16-28(44-4)17-13-26/h5-17,19,29-31,33,42H,18,20-21H2,1-4H3,(H,37,40,41)/t29-,30+,31+,33+,35+/m0/s1. The van der Waals surface area contributed by atoms with E-state index in [4.69, 9.17) is 28.4 Å². The largest absolute Gasteiger partial charge is 0.497 e. The summed E-state index contributed by atoms with van der Waals surface area (Å²) in [5.41, 5.74) is -1.49. The molecular formula is C36H38N2O10. The fraction of sp³-hybridized carbons (Fsp3) is 0.361. The number of nitrogens with one attached hydrogen (secondary N) is 1. The van der Waals surface area contributed by atoms with Gasteiger partial charge in [-0.1, -0.05) is 54.6 Å². The first-order valence-corrected chi connectivity index (χ1v) is 15.6. The molecule has 6 rings (SSSR count). The van der Waals surface area contributed by atoms with Crippen LogP contribution in [-0.2, 0) is 29.3 Å². The van der Waals surface area contributed by atoms with Gasteiger partial charge in [0, 0.05) is 25.1 Å². The maximum Gasteiger partial charge on any atom is 0.330 e. The number of aromatic nitrogens is 2. The van der Waals surface area contributed by atoms with Crippen molar-refractivity contribution in [1.29, 1.82) is 0 Å². The third-order valence-electron chi connectivity index (χ3n) is 9.02. The number of carbonyl (C=O) groups is 1. The number of esters is 1. The fourth-order valence-electron chi connectivity index (χ4n) is 6.59. The lowest BCUT2D eigenvalue weighted by molar-refractivity contribution is -0.148. The molecule has 2 aliphatic heterocycles. The minimum absolute atomic E-state index is 0.0377. The summed E-state index contributed by atoms with van der Waals surface area (Å²) < 4.78 is 37.0. The summed E-state index contributed by atoms with van der Waals surface area (Å²) in [7, 11) is 3.19. The van der Waals surface area contributed by atoms with E-state index in [1.807, 2.05) is 78.9 Å². The molecule has 0 unspecified atom stereocenters. The van der Waals surface area contributed by atoms with Crippen LogP contribution in [0.3, 0.4) is 0 Å². The van der Waals surface area contributed by atoms with Gasteiger partial charge in [0.2, 0.25) is 0 Å². The Morgan fingerprint density at radius 3 is 2.06 bits per heavy atom. The maximum absolute atomic E-state index is 13.0. The second-order valence-electron chi connectivity index (χ2n) is 12.0. The van der Waals surface area contributed by atoms with Gasteiger partial charge in [0.1, 0.15) is 41.5 Å². The molecule has 12 nitrogen and oxygen atoms in total. The van der Waals surface area contributed by atoms with Crippen molar-refractivity contribution in [3.63, 3.8) is 0 Å². The van der Waals surface area contributed by atoms with Crippen molar-refractivity contribution < 1.29 is 38.3 Å². The number of methoxy groups -OCH3 is 2. The van der Waals surface area contributed by atoms with Gasteiger partial charge in [-0.05, 0) is 47.9 Å². The number of aliphatic hydroxyl groups is 1. The Morgan fingerprint density at radius 2 is 1.50 bits per heavy atom. The molecule has 2 fully saturated rings. The minimum atomic E-state index is -1.67. The molecular weight excluding hydrogens is 620 g/mol. The van der Waals surface area contributed by atoms with Crippen LogP contribution in [0.1, 0.15) is 41.8 Å². The Balaban J connectivity index is 1.44. The first-order chi connectivity index (χ1) is 23.1.